The number of hydrogen-bond acceptors (Lipinski definition) is 5. The Balaban J connectivity index is 2.80. The van der Waals surface area contributed by atoms with Crippen molar-refractivity contribution >= 4 is 22.3 Å². The highest BCUT2D eigenvalue weighted by Gasteiger charge is 2.22. The van der Waals surface area contributed by atoms with Gasteiger partial charge in [-0.3, -0.25) is 13.8 Å². The fourth-order valence-electron chi connectivity index (χ4n) is 1.25. The van der Waals surface area contributed by atoms with Crippen molar-refractivity contribution in [1.82, 2.24) is 5.32 Å². The number of nitrogens with one attached hydrogen (secondary N) is 1. The third-order valence-electron chi connectivity index (χ3n) is 2.22. The third-order valence-corrected chi connectivity index (χ3v) is 3.56. The molecule has 7 heteroatoms. The molecule has 0 aliphatic heterocycles. The van der Waals surface area contributed by atoms with E-state index in [1.165, 1.54) is 25.3 Å². The Bertz CT molecular complexity index is 550. The first-order chi connectivity index (χ1) is 8.85. The molecule has 1 N–H and O–H groups in total. The minimum absolute atomic E-state index is 0.0545. The lowest BCUT2D eigenvalue weighted by molar-refractivity contribution is -0.119. The summed E-state index contributed by atoms with van der Waals surface area (Å²) in [5.74, 6) is -0.392. The van der Waals surface area contributed by atoms with Crippen LogP contribution in [-0.4, -0.2) is 33.3 Å². The number of benzene rings is 1. The first kappa shape index (κ1) is 15.3. The molecule has 1 unspecified atom stereocenters. The summed E-state index contributed by atoms with van der Waals surface area (Å²) in [4.78, 5) is 21.3. The summed E-state index contributed by atoms with van der Waals surface area (Å²) in [7, 11) is -4.05. The van der Waals surface area contributed by atoms with Gasteiger partial charge in [0.2, 0.25) is 12.2 Å². The minimum Gasteiger partial charge on any atom is -0.353 e. The maximum atomic E-state index is 11.8. The number of amides is 1. The molecule has 0 bridgehead atoms. The van der Waals surface area contributed by atoms with Crippen LogP contribution >= 0.6 is 0 Å². The zero-order valence-electron chi connectivity index (χ0n) is 10.5. The molecular weight excluding hydrogens is 270 g/mol. The van der Waals surface area contributed by atoms with Crippen LogP contribution in [0.2, 0.25) is 0 Å². The second kappa shape index (κ2) is 6.44. The van der Waals surface area contributed by atoms with Gasteiger partial charge in [0.1, 0.15) is 0 Å². The molecule has 1 rings (SSSR count). The van der Waals surface area contributed by atoms with Crippen LogP contribution in [-0.2, 0) is 23.9 Å². The lowest BCUT2D eigenvalue weighted by Crippen LogP contribution is -2.34. The molecule has 0 spiro atoms. The quantitative estimate of drug-likeness (QED) is 0.760. The van der Waals surface area contributed by atoms with Crippen LogP contribution in [0.25, 0.3) is 0 Å². The molecule has 0 fully saturated rings. The van der Waals surface area contributed by atoms with Gasteiger partial charge in [0, 0.05) is 6.92 Å². The predicted octanol–water partition coefficient (Wildman–Crippen LogP) is 0.315. The van der Waals surface area contributed by atoms with E-state index in [2.05, 4.69) is 5.32 Å². The lowest BCUT2D eigenvalue weighted by atomic mass is 10.2. The summed E-state index contributed by atoms with van der Waals surface area (Å²) in [6.07, 6.45) is 0.0630. The zero-order chi connectivity index (χ0) is 14.5. The van der Waals surface area contributed by atoms with Crippen molar-refractivity contribution in [2.75, 3.05) is 6.54 Å². The standard InChI is InChI=1S/C12H14NO5S/c1-9-3-5-12(6-4-9)19(16,17)18-11(8-14)7-13-10(2)15/h3-6,11H,7H2,1-2H3,(H,13,15). The summed E-state index contributed by atoms with van der Waals surface area (Å²) in [5.41, 5.74) is 0.899. The van der Waals surface area contributed by atoms with E-state index in [1.54, 1.807) is 12.1 Å². The molecule has 1 amide bonds. The number of rotatable bonds is 6. The average molecular weight is 284 g/mol. The molecule has 103 valence electrons. The van der Waals surface area contributed by atoms with Crippen molar-refractivity contribution < 1.29 is 22.2 Å². The van der Waals surface area contributed by atoms with Crippen molar-refractivity contribution in [3.63, 3.8) is 0 Å². The highest BCUT2D eigenvalue weighted by atomic mass is 32.2. The Kier molecular flexibility index (Phi) is 5.20. The topological polar surface area (TPSA) is 89.5 Å². The summed E-state index contributed by atoms with van der Waals surface area (Å²) >= 11 is 0. The Labute approximate surface area is 111 Å². The van der Waals surface area contributed by atoms with Gasteiger partial charge in [-0.25, -0.2) is 0 Å². The van der Waals surface area contributed by atoms with Crippen LogP contribution in [0.5, 0.6) is 0 Å². The molecule has 0 saturated heterocycles. The SMILES string of the molecule is CC(=O)NCC([C]=O)OS(=O)(=O)c1ccc(C)cc1. The highest BCUT2D eigenvalue weighted by Crippen LogP contribution is 2.14. The van der Waals surface area contributed by atoms with E-state index >= 15 is 0 Å². The van der Waals surface area contributed by atoms with E-state index < -0.39 is 22.1 Å². The highest BCUT2D eigenvalue weighted by molar-refractivity contribution is 7.86. The Morgan fingerprint density at radius 2 is 1.95 bits per heavy atom. The molecule has 0 aliphatic carbocycles. The lowest BCUT2D eigenvalue weighted by Gasteiger charge is -2.11. The van der Waals surface area contributed by atoms with Crippen LogP contribution in [0.1, 0.15) is 12.5 Å². The maximum absolute atomic E-state index is 11.8. The molecule has 0 aliphatic rings. The second-order valence-electron chi connectivity index (χ2n) is 3.91. The molecule has 0 aromatic heterocycles. The number of carbonyl (C=O) groups excluding carboxylic acids is 2. The normalized spacial score (nSPS) is 12.7. The summed E-state index contributed by atoms with van der Waals surface area (Å²) < 4.78 is 28.4. The van der Waals surface area contributed by atoms with Gasteiger partial charge < -0.3 is 5.32 Å². The number of aryl methyl sites for hydroxylation is 1. The Morgan fingerprint density at radius 1 is 1.37 bits per heavy atom. The smallest absolute Gasteiger partial charge is 0.297 e. The number of carbonyl (C=O) groups is 1. The predicted molar refractivity (Wildman–Crippen MR) is 67.6 cm³/mol. The molecule has 0 heterocycles. The van der Waals surface area contributed by atoms with Crippen LogP contribution in [0.15, 0.2) is 29.2 Å². The van der Waals surface area contributed by atoms with Gasteiger partial charge >= 0.3 is 0 Å². The van der Waals surface area contributed by atoms with E-state index in [9.17, 15) is 18.0 Å². The van der Waals surface area contributed by atoms with Crippen molar-refractivity contribution in [2.45, 2.75) is 24.8 Å². The minimum atomic E-state index is -4.05. The summed E-state index contributed by atoms with van der Waals surface area (Å²) in [5, 5.41) is 2.29. The largest absolute Gasteiger partial charge is 0.353 e. The third kappa shape index (κ3) is 4.80. The second-order valence-corrected chi connectivity index (χ2v) is 5.48. The monoisotopic (exact) mass is 284 g/mol. The van der Waals surface area contributed by atoms with Gasteiger partial charge in [-0.1, -0.05) is 17.7 Å². The molecular formula is C12H14NO5S. The zero-order valence-corrected chi connectivity index (χ0v) is 11.4. The Morgan fingerprint density at radius 3 is 2.42 bits per heavy atom. The van der Waals surface area contributed by atoms with Crippen molar-refractivity contribution in [3.05, 3.63) is 29.8 Å². The molecule has 0 saturated carbocycles. The average Bonchev–Trinajstić information content (AvgIpc) is 2.34. The molecule has 19 heavy (non-hydrogen) atoms. The van der Waals surface area contributed by atoms with Gasteiger partial charge in [0.15, 0.2) is 6.10 Å². The van der Waals surface area contributed by atoms with Gasteiger partial charge in [0.25, 0.3) is 10.1 Å². The van der Waals surface area contributed by atoms with Crippen molar-refractivity contribution in [3.8, 4) is 0 Å². The van der Waals surface area contributed by atoms with Crippen LogP contribution < -0.4 is 5.32 Å². The van der Waals surface area contributed by atoms with Crippen LogP contribution in [0, 0.1) is 6.92 Å². The fraction of sp³-hybridized carbons (Fsp3) is 0.333. The Hall–Kier alpha value is -1.73. The van der Waals surface area contributed by atoms with E-state index in [0.29, 0.717) is 0 Å². The van der Waals surface area contributed by atoms with Crippen molar-refractivity contribution in [2.24, 2.45) is 0 Å². The summed E-state index contributed by atoms with van der Waals surface area (Å²) in [6.45, 7) is 2.82. The molecule has 1 atom stereocenters. The van der Waals surface area contributed by atoms with E-state index in [-0.39, 0.29) is 11.4 Å². The van der Waals surface area contributed by atoms with E-state index in [1.807, 2.05) is 6.92 Å². The molecule has 1 aromatic rings. The van der Waals surface area contributed by atoms with Crippen LogP contribution in [0.3, 0.4) is 0 Å². The van der Waals surface area contributed by atoms with Crippen molar-refractivity contribution in [1.29, 1.82) is 0 Å². The molecule has 6 nitrogen and oxygen atoms in total. The van der Waals surface area contributed by atoms with E-state index in [4.69, 9.17) is 4.18 Å². The van der Waals surface area contributed by atoms with Gasteiger partial charge in [-0.15, -0.1) is 0 Å². The molecule has 1 aromatic carbocycles. The first-order valence-electron chi connectivity index (χ1n) is 5.47. The van der Waals surface area contributed by atoms with E-state index in [0.717, 1.165) is 5.56 Å². The number of hydrogen-bond donors (Lipinski definition) is 1. The fourth-order valence-corrected chi connectivity index (χ4v) is 2.24. The molecule has 1 radical (unpaired) electrons. The first-order valence-corrected chi connectivity index (χ1v) is 6.88. The van der Waals surface area contributed by atoms with Crippen LogP contribution in [0.4, 0.5) is 0 Å². The summed E-state index contributed by atoms with van der Waals surface area (Å²) in [6, 6.07) is 5.99. The van der Waals surface area contributed by atoms with Gasteiger partial charge in [-0.05, 0) is 19.1 Å². The van der Waals surface area contributed by atoms with Gasteiger partial charge in [-0.2, -0.15) is 8.42 Å². The van der Waals surface area contributed by atoms with Gasteiger partial charge in [0.05, 0.1) is 11.4 Å². The maximum Gasteiger partial charge on any atom is 0.297 e.